The molecule has 2 N–H and O–H groups in total. The van der Waals surface area contributed by atoms with Crippen molar-refractivity contribution in [1.29, 1.82) is 0 Å². The van der Waals surface area contributed by atoms with E-state index in [-0.39, 0.29) is 11.5 Å². The van der Waals surface area contributed by atoms with Crippen molar-refractivity contribution >= 4 is 11.6 Å². The molecule has 82 valence electrons. The van der Waals surface area contributed by atoms with E-state index in [0.717, 1.165) is 12.1 Å². The minimum Gasteiger partial charge on any atom is -0.319 e. The first kappa shape index (κ1) is 10.1. The summed E-state index contributed by atoms with van der Waals surface area (Å²) < 4.78 is 25.4. The highest BCUT2D eigenvalue weighted by molar-refractivity contribution is 6.01. The van der Waals surface area contributed by atoms with E-state index < -0.39 is 17.5 Å². The van der Waals surface area contributed by atoms with Crippen LogP contribution in [0.5, 0.6) is 0 Å². The number of hydrogen-bond donors (Lipinski definition) is 2. The molecule has 8 heteroatoms. The second-order valence-electron chi connectivity index (χ2n) is 2.82. The van der Waals surface area contributed by atoms with E-state index in [1.165, 1.54) is 6.07 Å². The number of carbonyl (C=O) groups excluding carboxylic acids is 1. The number of nitrogens with zero attached hydrogens (tertiary/aromatic N) is 3. The Balaban J connectivity index is 2.15. The summed E-state index contributed by atoms with van der Waals surface area (Å²) >= 11 is 0. The van der Waals surface area contributed by atoms with E-state index in [1.54, 1.807) is 0 Å². The molecule has 0 atom stereocenters. The van der Waals surface area contributed by atoms with Gasteiger partial charge in [0, 0.05) is 11.8 Å². The molecule has 1 amide bonds. The standard InChI is InChI=1S/C8H5F2N5O/c9-5-2-1-4(3-6(5)10)11-8(16)7-12-14-15-13-7/h1-3H,(H,11,16)(H,12,13,14,15). The zero-order valence-corrected chi connectivity index (χ0v) is 7.74. The van der Waals surface area contributed by atoms with Gasteiger partial charge in [0.15, 0.2) is 11.6 Å². The molecule has 0 spiro atoms. The van der Waals surface area contributed by atoms with Crippen molar-refractivity contribution in [3.63, 3.8) is 0 Å². The third-order valence-electron chi connectivity index (χ3n) is 1.73. The summed E-state index contributed by atoms with van der Waals surface area (Å²) in [5, 5.41) is 14.4. The van der Waals surface area contributed by atoms with Gasteiger partial charge in [0.05, 0.1) is 0 Å². The molecule has 0 fully saturated rings. The summed E-state index contributed by atoms with van der Waals surface area (Å²) in [5.41, 5.74) is 0.105. The quantitative estimate of drug-likeness (QED) is 0.789. The van der Waals surface area contributed by atoms with Crippen LogP contribution in [0.15, 0.2) is 18.2 Å². The predicted octanol–water partition coefficient (Wildman–Crippen LogP) is 0.730. The second-order valence-corrected chi connectivity index (χ2v) is 2.82. The summed E-state index contributed by atoms with van der Waals surface area (Å²) in [6.07, 6.45) is 0. The number of amides is 1. The summed E-state index contributed by atoms with van der Waals surface area (Å²) in [5.74, 6) is -2.90. The molecule has 2 aromatic rings. The van der Waals surface area contributed by atoms with Gasteiger partial charge in [-0.1, -0.05) is 0 Å². The lowest BCUT2D eigenvalue weighted by Crippen LogP contribution is -2.14. The molecule has 2 rings (SSSR count). The van der Waals surface area contributed by atoms with Crippen LogP contribution in [0.2, 0.25) is 0 Å². The number of anilines is 1. The number of carbonyl (C=O) groups is 1. The number of tetrazole rings is 1. The van der Waals surface area contributed by atoms with Crippen LogP contribution in [-0.4, -0.2) is 26.5 Å². The Labute approximate surface area is 87.7 Å². The smallest absolute Gasteiger partial charge is 0.297 e. The van der Waals surface area contributed by atoms with Gasteiger partial charge in [0.2, 0.25) is 0 Å². The van der Waals surface area contributed by atoms with Gasteiger partial charge in [0.1, 0.15) is 0 Å². The Morgan fingerprint density at radius 2 is 2.12 bits per heavy atom. The van der Waals surface area contributed by atoms with Crippen LogP contribution in [0.1, 0.15) is 10.6 Å². The lowest BCUT2D eigenvalue weighted by Gasteiger charge is -2.02. The first-order valence-electron chi connectivity index (χ1n) is 4.16. The molecule has 0 aliphatic rings. The average Bonchev–Trinajstić information content (AvgIpc) is 2.77. The molecule has 0 unspecified atom stereocenters. The molecule has 1 aromatic carbocycles. The van der Waals surface area contributed by atoms with E-state index in [9.17, 15) is 13.6 Å². The van der Waals surface area contributed by atoms with Gasteiger partial charge >= 0.3 is 0 Å². The lowest BCUT2D eigenvalue weighted by atomic mass is 10.3. The van der Waals surface area contributed by atoms with E-state index in [2.05, 4.69) is 25.9 Å². The summed E-state index contributed by atoms with van der Waals surface area (Å²) in [4.78, 5) is 11.4. The van der Waals surface area contributed by atoms with Gasteiger partial charge in [-0.2, -0.15) is 5.21 Å². The van der Waals surface area contributed by atoms with Gasteiger partial charge in [-0.25, -0.2) is 8.78 Å². The molecule has 1 aromatic heterocycles. The van der Waals surface area contributed by atoms with Crippen LogP contribution in [0.25, 0.3) is 0 Å². The van der Waals surface area contributed by atoms with E-state index in [0.29, 0.717) is 0 Å². The molecular formula is C8H5F2N5O. The molecule has 6 nitrogen and oxygen atoms in total. The van der Waals surface area contributed by atoms with Crippen LogP contribution in [-0.2, 0) is 0 Å². The highest BCUT2D eigenvalue weighted by atomic mass is 19.2. The minimum absolute atomic E-state index is 0.105. The maximum atomic E-state index is 12.8. The number of rotatable bonds is 2. The number of aromatic nitrogens is 4. The highest BCUT2D eigenvalue weighted by Crippen LogP contribution is 2.13. The van der Waals surface area contributed by atoms with E-state index in [1.807, 2.05) is 0 Å². The first-order valence-corrected chi connectivity index (χ1v) is 4.16. The molecule has 1 heterocycles. The molecule has 0 saturated heterocycles. The van der Waals surface area contributed by atoms with Crippen molar-refractivity contribution in [3.8, 4) is 0 Å². The zero-order valence-electron chi connectivity index (χ0n) is 7.74. The summed E-state index contributed by atoms with van der Waals surface area (Å²) in [6.45, 7) is 0. The minimum atomic E-state index is -1.05. The zero-order chi connectivity index (χ0) is 11.5. The van der Waals surface area contributed by atoms with Crippen molar-refractivity contribution < 1.29 is 13.6 Å². The molecule has 0 bridgehead atoms. The van der Waals surface area contributed by atoms with Gasteiger partial charge < -0.3 is 5.32 Å². The fraction of sp³-hybridized carbons (Fsp3) is 0. The predicted molar refractivity (Wildman–Crippen MR) is 48.5 cm³/mol. The molecule has 0 saturated carbocycles. The normalized spacial score (nSPS) is 10.1. The SMILES string of the molecule is O=C(Nc1ccc(F)c(F)c1)c1nn[nH]n1. The van der Waals surface area contributed by atoms with Gasteiger partial charge in [0.25, 0.3) is 11.7 Å². The van der Waals surface area contributed by atoms with Crippen LogP contribution >= 0.6 is 0 Å². The second kappa shape index (κ2) is 4.01. The third-order valence-corrected chi connectivity index (χ3v) is 1.73. The van der Waals surface area contributed by atoms with E-state index >= 15 is 0 Å². The number of halogens is 2. The van der Waals surface area contributed by atoms with Crippen molar-refractivity contribution in [1.82, 2.24) is 20.6 Å². The number of aromatic amines is 1. The molecule has 0 radical (unpaired) electrons. The Kier molecular flexibility index (Phi) is 2.54. The van der Waals surface area contributed by atoms with Crippen LogP contribution in [0, 0.1) is 11.6 Å². The summed E-state index contributed by atoms with van der Waals surface area (Å²) in [7, 11) is 0. The Bertz CT molecular complexity index is 513. The molecular weight excluding hydrogens is 220 g/mol. The van der Waals surface area contributed by atoms with Gasteiger partial charge in [-0.3, -0.25) is 4.79 Å². The third kappa shape index (κ3) is 2.00. The Morgan fingerprint density at radius 1 is 1.31 bits per heavy atom. The van der Waals surface area contributed by atoms with Crippen molar-refractivity contribution in [2.75, 3.05) is 5.32 Å². The fourth-order valence-electron chi connectivity index (χ4n) is 1.02. The van der Waals surface area contributed by atoms with Gasteiger partial charge in [-0.05, 0) is 17.3 Å². The fourth-order valence-corrected chi connectivity index (χ4v) is 1.02. The van der Waals surface area contributed by atoms with Crippen LogP contribution in [0.4, 0.5) is 14.5 Å². The van der Waals surface area contributed by atoms with Crippen LogP contribution < -0.4 is 5.32 Å². The topological polar surface area (TPSA) is 83.6 Å². The highest BCUT2D eigenvalue weighted by Gasteiger charge is 2.11. The Morgan fingerprint density at radius 3 is 2.75 bits per heavy atom. The van der Waals surface area contributed by atoms with Crippen molar-refractivity contribution in [3.05, 3.63) is 35.7 Å². The lowest BCUT2D eigenvalue weighted by molar-refractivity contribution is 0.101. The maximum Gasteiger partial charge on any atom is 0.297 e. The summed E-state index contributed by atoms with van der Waals surface area (Å²) in [6, 6.07) is 2.98. The van der Waals surface area contributed by atoms with Crippen LogP contribution in [0.3, 0.4) is 0 Å². The average molecular weight is 225 g/mol. The Hall–Kier alpha value is -2.38. The molecule has 16 heavy (non-hydrogen) atoms. The monoisotopic (exact) mass is 225 g/mol. The molecule has 0 aliphatic carbocycles. The largest absolute Gasteiger partial charge is 0.319 e. The van der Waals surface area contributed by atoms with Crippen molar-refractivity contribution in [2.45, 2.75) is 0 Å². The first-order chi connectivity index (χ1) is 7.66. The van der Waals surface area contributed by atoms with Gasteiger partial charge in [-0.15, -0.1) is 10.2 Å². The maximum absolute atomic E-state index is 12.8. The number of H-pyrrole nitrogens is 1. The van der Waals surface area contributed by atoms with Crippen molar-refractivity contribution in [2.24, 2.45) is 0 Å². The number of benzene rings is 1. The van der Waals surface area contributed by atoms with E-state index in [4.69, 9.17) is 0 Å². The number of nitrogens with one attached hydrogen (secondary N) is 2. The molecule has 0 aliphatic heterocycles. The number of hydrogen-bond acceptors (Lipinski definition) is 4.